The SMILES string of the molecule is Cn1cccc1-c1csc(NC(=O)C2=NN(Cc3ccccc3)C(=O)CC2)n1. The van der Waals surface area contributed by atoms with Gasteiger partial charge in [0.2, 0.25) is 5.91 Å². The molecule has 0 aliphatic carbocycles. The predicted molar refractivity (Wildman–Crippen MR) is 109 cm³/mol. The number of rotatable bonds is 5. The van der Waals surface area contributed by atoms with Crippen LogP contribution in [0.5, 0.6) is 0 Å². The molecule has 4 rings (SSSR count). The van der Waals surface area contributed by atoms with E-state index in [4.69, 9.17) is 0 Å². The first-order valence-electron chi connectivity index (χ1n) is 8.90. The third-order valence-corrected chi connectivity index (χ3v) is 5.23. The summed E-state index contributed by atoms with van der Waals surface area (Å²) in [5, 5.41) is 10.9. The minimum Gasteiger partial charge on any atom is -0.349 e. The molecule has 142 valence electrons. The lowest BCUT2D eigenvalue weighted by molar-refractivity contribution is -0.132. The maximum atomic E-state index is 12.6. The summed E-state index contributed by atoms with van der Waals surface area (Å²) < 4.78 is 1.97. The number of hydrogen-bond donors (Lipinski definition) is 1. The van der Waals surface area contributed by atoms with E-state index in [2.05, 4.69) is 15.4 Å². The van der Waals surface area contributed by atoms with Crippen LogP contribution in [-0.4, -0.2) is 32.1 Å². The lowest BCUT2D eigenvalue weighted by Gasteiger charge is -2.23. The summed E-state index contributed by atoms with van der Waals surface area (Å²) in [6, 6.07) is 13.5. The fourth-order valence-corrected chi connectivity index (χ4v) is 3.69. The third-order valence-electron chi connectivity index (χ3n) is 4.47. The summed E-state index contributed by atoms with van der Waals surface area (Å²) in [6.45, 7) is 0.353. The number of aromatic nitrogens is 2. The maximum Gasteiger partial charge on any atom is 0.273 e. The third kappa shape index (κ3) is 3.86. The number of nitrogens with one attached hydrogen (secondary N) is 1. The van der Waals surface area contributed by atoms with E-state index in [-0.39, 0.29) is 18.2 Å². The fourth-order valence-electron chi connectivity index (χ4n) is 2.99. The van der Waals surface area contributed by atoms with Gasteiger partial charge in [0.05, 0.1) is 17.9 Å². The van der Waals surface area contributed by atoms with Gasteiger partial charge in [0.15, 0.2) is 5.13 Å². The summed E-state index contributed by atoms with van der Waals surface area (Å²) in [5.41, 5.74) is 3.09. The van der Waals surface area contributed by atoms with Crippen molar-refractivity contribution < 1.29 is 9.59 Å². The van der Waals surface area contributed by atoms with Gasteiger partial charge in [-0.15, -0.1) is 11.3 Å². The second-order valence-electron chi connectivity index (χ2n) is 6.48. The number of carbonyl (C=O) groups excluding carboxylic acids is 2. The molecule has 1 aliphatic rings. The Balaban J connectivity index is 1.47. The van der Waals surface area contributed by atoms with Crippen LogP contribution in [0.1, 0.15) is 18.4 Å². The van der Waals surface area contributed by atoms with Gasteiger partial charge in [-0.2, -0.15) is 5.10 Å². The molecular weight excluding hydrogens is 374 g/mol. The Morgan fingerprint density at radius 1 is 1.18 bits per heavy atom. The van der Waals surface area contributed by atoms with E-state index in [1.54, 1.807) is 0 Å². The first-order valence-corrected chi connectivity index (χ1v) is 9.78. The molecule has 1 aromatic carbocycles. The summed E-state index contributed by atoms with van der Waals surface area (Å²) >= 11 is 1.36. The quantitative estimate of drug-likeness (QED) is 0.722. The van der Waals surface area contributed by atoms with Gasteiger partial charge >= 0.3 is 0 Å². The molecule has 2 amide bonds. The van der Waals surface area contributed by atoms with Gasteiger partial charge in [0, 0.05) is 31.5 Å². The van der Waals surface area contributed by atoms with Crippen LogP contribution in [0.3, 0.4) is 0 Å². The molecule has 28 heavy (non-hydrogen) atoms. The van der Waals surface area contributed by atoms with E-state index >= 15 is 0 Å². The van der Waals surface area contributed by atoms with Crippen molar-refractivity contribution in [2.75, 3.05) is 5.32 Å². The largest absolute Gasteiger partial charge is 0.349 e. The molecular formula is C20H19N5O2S. The number of benzene rings is 1. The fraction of sp³-hybridized carbons (Fsp3) is 0.200. The molecule has 0 bridgehead atoms. The molecule has 1 N–H and O–H groups in total. The average molecular weight is 393 g/mol. The van der Waals surface area contributed by atoms with E-state index in [1.165, 1.54) is 16.3 Å². The van der Waals surface area contributed by atoms with Crippen LogP contribution in [0.2, 0.25) is 0 Å². The Bertz CT molecular complexity index is 1040. The van der Waals surface area contributed by atoms with Crippen molar-refractivity contribution >= 4 is 34.0 Å². The number of amides is 2. The molecule has 0 unspecified atom stereocenters. The molecule has 2 aromatic heterocycles. The highest BCUT2D eigenvalue weighted by Crippen LogP contribution is 2.25. The summed E-state index contributed by atoms with van der Waals surface area (Å²) in [6.07, 6.45) is 2.54. The zero-order valence-electron chi connectivity index (χ0n) is 15.3. The number of anilines is 1. The number of hydrazone groups is 1. The standard InChI is InChI=1S/C20H19N5O2S/c1-24-11-5-8-17(24)16-13-28-20(21-16)22-19(27)15-9-10-18(26)25(23-15)12-14-6-3-2-4-7-14/h2-8,11,13H,9-10,12H2,1H3,(H,21,22,27). The van der Waals surface area contributed by atoms with Gasteiger partial charge in [0.25, 0.3) is 5.91 Å². The van der Waals surface area contributed by atoms with Crippen LogP contribution >= 0.6 is 11.3 Å². The van der Waals surface area contributed by atoms with E-state index in [9.17, 15) is 9.59 Å². The zero-order chi connectivity index (χ0) is 19.5. The van der Waals surface area contributed by atoms with Gasteiger partial charge < -0.3 is 4.57 Å². The maximum absolute atomic E-state index is 12.6. The summed E-state index contributed by atoms with van der Waals surface area (Å²) in [7, 11) is 1.95. The van der Waals surface area contributed by atoms with Crippen LogP contribution in [0.4, 0.5) is 5.13 Å². The molecule has 3 aromatic rings. The lowest BCUT2D eigenvalue weighted by atomic mass is 10.1. The Morgan fingerprint density at radius 2 is 2.00 bits per heavy atom. The van der Waals surface area contributed by atoms with Gasteiger partial charge in [-0.05, 0) is 17.7 Å². The van der Waals surface area contributed by atoms with E-state index in [1.807, 2.05) is 65.7 Å². The van der Waals surface area contributed by atoms with Crippen molar-refractivity contribution in [1.29, 1.82) is 0 Å². The van der Waals surface area contributed by atoms with Gasteiger partial charge in [-0.25, -0.2) is 9.99 Å². The zero-order valence-corrected chi connectivity index (χ0v) is 16.1. The van der Waals surface area contributed by atoms with Crippen molar-refractivity contribution in [1.82, 2.24) is 14.6 Å². The molecule has 0 saturated heterocycles. The van der Waals surface area contributed by atoms with Gasteiger partial charge in [-0.3, -0.25) is 14.9 Å². The predicted octanol–water partition coefficient (Wildman–Crippen LogP) is 3.27. The van der Waals surface area contributed by atoms with Gasteiger partial charge in [-0.1, -0.05) is 30.3 Å². The molecule has 7 nitrogen and oxygen atoms in total. The van der Waals surface area contributed by atoms with Gasteiger partial charge in [0.1, 0.15) is 5.71 Å². The van der Waals surface area contributed by atoms with E-state index in [0.29, 0.717) is 23.8 Å². The minimum atomic E-state index is -0.321. The Kier molecular flexibility index (Phi) is 5.03. The highest BCUT2D eigenvalue weighted by atomic mass is 32.1. The Hall–Kier alpha value is -3.26. The summed E-state index contributed by atoms with van der Waals surface area (Å²) in [4.78, 5) is 29.3. The molecule has 0 fully saturated rings. The molecule has 0 spiro atoms. The molecule has 0 atom stereocenters. The summed E-state index contributed by atoms with van der Waals surface area (Å²) in [5.74, 6) is -0.404. The monoisotopic (exact) mass is 393 g/mol. The highest BCUT2D eigenvalue weighted by Gasteiger charge is 2.25. The topological polar surface area (TPSA) is 79.6 Å². The first kappa shape index (κ1) is 18.1. The van der Waals surface area contributed by atoms with E-state index in [0.717, 1.165) is 17.0 Å². The van der Waals surface area contributed by atoms with Crippen molar-refractivity contribution in [3.05, 3.63) is 59.6 Å². The van der Waals surface area contributed by atoms with Crippen molar-refractivity contribution in [2.24, 2.45) is 12.1 Å². The lowest BCUT2D eigenvalue weighted by Crippen LogP contribution is -2.36. The molecule has 0 saturated carbocycles. The Morgan fingerprint density at radius 3 is 2.75 bits per heavy atom. The van der Waals surface area contributed by atoms with Crippen LogP contribution in [0, 0.1) is 0 Å². The molecule has 3 heterocycles. The number of carbonyl (C=O) groups is 2. The average Bonchev–Trinajstić information content (AvgIpc) is 3.33. The highest BCUT2D eigenvalue weighted by molar-refractivity contribution is 7.14. The molecule has 1 aliphatic heterocycles. The molecule has 8 heteroatoms. The second kappa shape index (κ2) is 7.77. The number of thiazole rings is 1. The second-order valence-corrected chi connectivity index (χ2v) is 7.34. The molecule has 0 radical (unpaired) electrons. The van der Waals surface area contributed by atoms with Crippen molar-refractivity contribution in [3.63, 3.8) is 0 Å². The van der Waals surface area contributed by atoms with Crippen LogP contribution < -0.4 is 5.32 Å². The number of aryl methyl sites for hydroxylation is 1. The van der Waals surface area contributed by atoms with Crippen LogP contribution in [-0.2, 0) is 23.2 Å². The smallest absolute Gasteiger partial charge is 0.273 e. The minimum absolute atomic E-state index is 0.0827. The number of nitrogens with zero attached hydrogens (tertiary/aromatic N) is 4. The van der Waals surface area contributed by atoms with Crippen LogP contribution in [0.15, 0.2) is 59.1 Å². The van der Waals surface area contributed by atoms with Crippen LogP contribution in [0.25, 0.3) is 11.4 Å². The van der Waals surface area contributed by atoms with E-state index < -0.39 is 0 Å². The number of hydrogen-bond acceptors (Lipinski definition) is 5. The Labute approximate surface area is 166 Å². The first-order chi connectivity index (χ1) is 13.6. The van der Waals surface area contributed by atoms with Crippen molar-refractivity contribution in [3.8, 4) is 11.4 Å². The van der Waals surface area contributed by atoms with Crippen molar-refractivity contribution in [2.45, 2.75) is 19.4 Å². The normalized spacial score (nSPS) is 14.1.